The summed E-state index contributed by atoms with van der Waals surface area (Å²) in [7, 11) is 0. The highest BCUT2D eigenvalue weighted by molar-refractivity contribution is 5.34. The van der Waals surface area contributed by atoms with E-state index in [2.05, 4.69) is 24.1 Å². The molecule has 7 nitrogen and oxygen atoms in total. The van der Waals surface area contributed by atoms with Crippen molar-refractivity contribution in [3.05, 3.63) is 22.5 Å². The molecule has 3 N–H and O–H groups in total. The molecule has 1 fully saturated rings. The van der Waals surface area contributed by atoms with Crippen molar-refractivity contribution >= 4 is 5.82 Å². The number of aromatic nitrogens is 2. The van der Waals surface area contributed by atoms with Crippen LogP contribution >= 0.6 is 0 Å². The molecule has 0 radical (unpaired) electrons. The summed E-state index contributed by atoms with van der Waals surface area (Å²) in [6.45, 7) is 6.28. The van der Waals surface area contributed by atoms with Crippen LogP contribution in [0.3, 0.4) is 0 Å². The SMILES string of the molecule is CC(C)CCCNc1nc(=O)n([C@@H]2O[C@H](C)C(O)C2O)cc1F. The van der Waals surface area contributed by atoms with Crippen LogP contribution in [0.4, 0.5) is 10.2 Å². The molecule has 1 aromatic heterocycles. The maximum absolute atomic E-state index is 14.1. The number of hydrogen-bond acceptors (Lipinski definition) is 6. The van der Waals surface area contributed by atoms with Gasteiger partial charge in [-0.2, -0.15) is 4.98 Å². The molecule has 0 bridgehead atoms. The molecule has 23 heavy (non-hydrogen) atoms. The Morgan fingerprint density at radius 2 is 2.13 bits per heavy atom. The van der Waals surface area contributed by atoms with Gasteiger partial charge in [0, 0.05) is 6.54 Å². The molecular formula is C15H24FN3O4. The van der Waals surface area contributed by atoms with Gasteiger partial charge in [-0.25, -0.2) is 9.18 Å². The Morgan fingerprint density at radius 1 is 1.43 bits per heavy atom. The zero-order chi connectivity index (χ0) is 17.1. The smallest absolute Gasteiger partial charge is 0.351 e. The van der Waals surface area contributed by atoms with E-state index in [0.717, 1.165) is 23.6 Å². The van der Waals surface area contributed by atoms with E-state index in [1.807, 2.05) is 0 Å². The van der Waals surface area contributed by atoms with Crippen molar-refractivity contribution in [2.75, 3.05) is 11.9 Å². The Balaban J connectivity index is 2.10. The molecule has 130 valence electrons. The van der Waals surface area contributed by atoms with Gasteiger partial charge in [-0.15, -0.1) is 0 Å². The van der Waals surface area contributed by atoms with E-state index in [1.165, 1.54) is 0 Å². The highest BCUT2D eigenvalue weighted by Crippen LogP contribution is 2.28. The van der Waals surface area contributed by atoms with Gasteiger partial charge in [0.2, 0.25) is 0 Å². The summed E-state index contributed by atoms with van der Waals surface area (Å²) < 4.78 is 20.3. The minimum Gasteiger partial charge on any atom is -0.388 e. The van der Waals surface area contributed by atoms with Crippen molar-refractivity contribution < 1.29 is 19.3 Å². The number of nitrogens with zero attached hydrogens (tertiary/aromatic N) is 2. The fourth-order valence-electron chi connectivity index (χ4n) is 2.53. The number of aliphatic hydroxyl groups excluding tert-OH is 2. The zero-order valence-electron chi connectivity index (χ0n) is 13.6. The van der Waals surface area contributed by atoms with Crippen LogP contribution in [0, 0.1) is 11.7 Å². The number of halogens is 1. The second-order valence-corrected chi connectivity index (χ2v) is 6.30. The van der Waals surface area contributed by atoms with Crippen LogP contribution in [0.1, 0.15) is 39.8 Å². The molecule has 0 aliphatic carbocycles. The summed E-state index contributed by atoms with van der Waals surface area (Å²) in [5.41, 5.74) is -0.747. The molecule has 0 aromatic carbocycles. The first kappa shape index (κ1) is 17.8. The summed E-state index contributed by atoms with van der Waals surface area (Å²) >= 11 is 0. The largest absolute Gasteiger partial charge is 0.388 e. The van der Waals surface area contributed by atoms with Gasteiger partial charge in [0.15, 0.2) is 17.9 Å². The minimum absolute atomic E-state index is 0.115. The van der Waals surface area contributed by atoms with E-state index in [9.17, 15) is 19.4 Å². The van der Waals surface area contributed by atoms with Crippen molar-refractivity contribution in [2.24, 2.45) is 5.92 Å². The Hall–Kier alpha value is -1.51. The van der Waals surface area contributed by atoms with E-state index < -0.39 is 36.0 Å². The second kappa shape index (κ2) is 7.37. The van der Waals surface area contributed by atoms with E-state index in [-0.39, 0.29) is 5.82 Å². The highest BCUT2D eigenvalue weighted by Gasteiger charge is 2.42. The number of anilines is 1. The van der Waals surface area contributed by atoms with Crippen LogP contribution in [0.5, 0.6) is 0 Å². The van der Waals surface area contributed by atoms with Crippen molar-refractivity contribution in [2.45, 2.75) is 58.2 Å². The lowest BCUT2D eigenvalue weighted by molar-refractivity contribution is -0.0355. The quantitative estimate of drug-likeness (QED) is 0.670. The summed E-state index contributed by atoms with van der Waals surface area (Å²) in [6.07, 6.45) is -1.47. The molecule has 1 aliphatic heterocycles. The summed E-state index contributed by atoms with van der Waals surface area (Å²) in [5.74, 6) is -0.271. The van der Waals surface area contributed by atoms with Gasteiger partial charge in [-0.1, -0.05) is 13.8 Å². The minimum atomic E-state index is -1.31. The molecule has 2 heterocycles. The van der Waals surface area contributed by atoms with E-state index in [1.54, 1.807) is 6.92 Å². The topological polar surface area (TPSA) is 96.6 Å². The van der Waals surface area contributed by atoms with Gasteiger partial charge < -0.3 is 20.3 Å². The second-order valence-electron chi connectivity index (χ2n) is 6.30. The van der Waals surface area contributed by atoms with Crippen LogP contribution in [0.2, 0.25) is 0 Å². The Bertz CT molecular complexity index is 593. The summed E-state index contributed by atoms with van der Waals surface area (Å²) in [4.78, 5) is 15.7. The van der Waals surface area contributed by atoms with E-state index >= 15 is 0 Å². The molecule has 0 saturated carbocycles. The van der Waals surface area contributed by atoms with Gasteiger partial charge >= 0.3 is 5.69 Å². The van der Waals surface area contributed by atoms with Crippen LogP contribution in [0.15, 0.2) is 11.0 Å². The van der Waals surface area contributed by atoms with Crippen LogP contribution in [-0.2, 0) is 4.74 Å². The third kappa shape index (κ3) is 4.07. The molecule has 0 amide bonds. The summed E-state index contributed by atoms with van der Waals surface area (Å²) in [6, 6.07) is 0. The lowest BCUT2D eigenvalue weighted by Crippen LogP contribution is -2.36. The van der Waals surface area contributed by atoms with Gasteiger partial charge in [-0.05, 0) is 25.7 Å². The molecule has 2 rings (SSSR count). The predicted octanol–water partition coefficient (Wildman–Crippen LogP) is 0.870. The molecule has 1 aliphatic rings. The van der Waals surface area contributed by atoms with Crippen molar-refractivity contribution in [1.29, 1.82) is 0 Å². The van der Waals surface area contributed by atoms with Crippen molar-refractivity contribution in [3.8, 4) is 0 Å². The maximum Gasteiger partial charge on any atom is 0.351 e. The van der Waals surface area contributed by atoms with Crippen LogP contribution in [0.25, 0.3) is 0 Å². The molecular weight excluding hydrogens is 305 g/mol. The fourth-order valence-corrected chi connectivity index (χ4v) is 2.53. The number of ether oxygens (including phenoxy) is 1. The lowest BCUT2D eigenvalue weighted by atomic mass is 10.1. The summed E-state index contributed by atoms with van der Waals surface area (Å²) in [5, 5.41) is 22.4. The first-order valence-corrected chi connectivity index (χ1v) is 7.85. The van der Waals surface area contributed by atoms with E-state index in [4.69, 9.17) is 4.74 Å². The van der Waals surface area contributed by atoms with Crippen molar-refractivity contribution in [1.82, 2.24) is 9.55 Å². The van der Waals surface area contributed by atoms with Gasteiger partial charge in [0.25, 0.3) is 0 Å². The standard InChI is InChI=1S/C15H24FN3O4/c1-8(2)5-4-6-17-13-10(16)7-19(15(22)18-13)14-12(21)11(20)9(3)23-14/h7-9,11-12,14,20-21H,4-6H2,1-3H3,(H,17,18,22)/t9-,11?,12?,14-/m1/s1. The van der Waals surface area contributed by atoms with Crippen LogP contribution in [-0.4, -0.2) is 44.6 Å². The molecule has 0 spiro atoms. The third-order valence-electron chi connectivity index (χ3n) is 3.91. The number of aliphatic hydroxyl groups is 2. The Labute approximate surface area is 134 Å². The molecule has 8 heteroatoms. The van der Waals surface area contributed by atoms with Crippen LogP contribution < -0.4 is 11.0 Å². The van der Waals surface area contributed by atoms with Gasteiger partial charge in [0.05, 0.1) is 12.3 Å². The molecule has 2 unspecified atom stereocenters. The van der Waals surface area contributed by atoms with Crippen molar-refractivity contribution in [3.63, 3.8) is 0 Å². The number of rotatable bonds is 6. The predicted molar refractivity (Wildman–Crippen MR) is 82.6 cm³/mol. The first-order chi connectivity index (χ1) is 10.8. The third-order valence-corrected chi connectivity index (χ3v) is 3.91. The van der Waals surface area contributed by atoms with Gasteiger partial charge in [0.1, 0.15) is 12.2 Å². The fraction of sp³-hybridized carbons (Fsp3) is 0.733. The average molecular weight is 329 g/mol. The monoisotopic (exact) mass is 329 g/mol. The Kier molecular flexibility index (Phi) is 5.72. The molecule has 1 saturated heterocycles. The number of nitrogens with one attached hydrogen (secondary N) is 1. The lowest BCUT2D eigenvalue weighted by Gasteiger charge is -2.18. The maximum atomic E-state index is 14.1. The molecule has 4 atom stereocenters. The zero-order valence-corrected chi connectivity index (χ0v) is 13.6. The van der Waals surface area contributed by atoms with E-state index in [0.29, 0.717) is 12.5 Å². The van der Waals surface area contributed by atoms with Gasteiger partial charge in [-0.3, -0.25) is 4.57 Å². The number of hydrogen-bond donors (Lipinski definition) is 3. The first-order valence-electron chi connectivity index (χ1n) is 7.85. The normalized spacial score (nSPS) is 27.6. The highest BCUT2D eigenvalue weighted by atomic mass is 19.1. The molecule has 1 aromatic rings. The average Bonchev–Trinajstić information content (AvgIpc) is 2.74. The Morgan fingerprint density at radius 3 is 2.70 bits per heavy atom.